The number of allylic oxidation sites excluding steroid dienone is 4. The zero-order valence-electron chi connectivity index (χ0n) is 25.7. The lowest BCUT2D eigenvalue weighted by molar-refractivity contribution is -0.0590. The number of morpholine rings is 1. The van der Waals surface area contributed by atoms with Crippen LogP contribution in [0, 0.1) is 5.92 Å². The maximum absolute atomic E-state index is 6.02. The molecule has 1 aliphatic carbocycles. The first-order valence-electron chi connectivity index (χ1n) is 15.7. The molecular formula is C35H48N4O2. The molecule has 0 saturated carbocycles. The zero-order chi connectivity index (χ0) is 28.8. The molecule has 2 aliphatic heterocycles. The summed E-state index contributed by atoms with van der Waals surface area (Å²) in [4.78, 5) is 14.6. The highest BCUT2D eigenvalue weighted by Crippen LogP contribution is 2.37. The second-order valence-corrected chi connectivity index (χ2v) is 12.0. The molecule has 3 heterocycles. The Kier molecular flexibility index (Phi) is 9.94. The molecule has 1 unspecified atom stereocenters. The van der Waals surface area contributed by atoms with Crippen LogP contribution >= 0.6 is 0 Å². The highest BCUT2D eigenvalue weighted by Gasteiger charge is 2.28. The number of aromatic nitrogens is 1. The van der Waals surface area contributed by atoms with Gasteiger partial charge in [0.05, 0.1) is 24.5 Å². The molecule has 6 nitrogen and oxygen atoms in total. The summed E-state index contributed by atoms with van der Waals surface area (Å²) in [5.74, 6) is 1.18. The topological polar surface area (TPSA) is 50.2 Å². The van der Waals surface area contributed by atoms with E-state index in [1.54, 1.807) is 0 Å². The van der Waals surface area contributed by atoms with Gasteiger partial charge in [-0.1, -0.05) is 31.6 Å². The van der Waals surface area contributed by atoms with Crippen LogP contribution in [0.5, 0.6) is 5.88 Å². The van der Waals surface area contributed by atoms with Crippen LogP contribution in [0.2, 0.25) is 0 Å². The molecule has 1 fully saturated rings. The van der Waals surface area contributed by atoms with Crippen LogP contribution in [-0.2, 0) is 11.2 Å². The SMILES string of the molecule is CCN(CC)CCCOc1ccc(-c2ccc3c(c2)CCC2CC(N4C[C@@H](C)O[C@@H](C)C4)=CCC(C)=C2C=N3)cn1. The van der Waals surface area contributed by atoms with E-state index < -0.39 is 0 Å². The molecule has 3 aliphatic rings. The van der Waals surface area contributed by atoms with Crippen LogP contribution in [0.15, 0.2) is 64.4 Å². The molecule has 1 saturated heterocycles. The molecule has 5 rings (SSSR count). The van der Waals surface area contributed by atoms with Gasteiger partial charge in [0.25, 0.3) is 0 Å². The summed E-state index contributed by atoms with van der Waals surface area (Å²) in [6.45, 7) is 16.9. The minimum absolute atomic E-state index is 0.272. The maximum Gasteiger partial charge on any atom is 0.213 e. The molecule has 41 heavy (non-hydrogen) atoms. The van der Waals surface area contributed by atoms with Gasteiger partial charge in [0.2, 0.25) is 5.88 Å². The summed E-state index contributed by atoms with van der Waals surface area (Å²) in [7, 11) is 0. The molecule has 6 heteroatoms. The molecule has 2 aromatic rings. The average Bonchev–Trinajstić information content (AvgIpc) is 3.11. The summed E-state index contributed by atoms with van der Waals surface area (Å²) in [6, 6.07) is 10.8. The lowest BCUT2D eigenvalue weighted by Gasteiger charge is -2.39. The van der Waals surface area contributed by atoms with Crippen LogP contribution < -0.4 is 4.74 Å². The number of hydrogen-bond acceptors (Lipinski definition) is 6. The number of pyridine rings is 1. The number of nitrogens with zero attached hydrogens (tertiary/aromatic N) is 4. The highest BCUT2D eigenvalue weighted by atomic mass is 16.5. The minimum atomic E-state index is 0.272. The lowest BCUT2D eigenvalue weighted by atomic mass is 9.85. The van der Waals surface area contributed by atoms with E-state index in [0.29, 0.717) is 18.4 Å². The van der Waals surface area contributed by atoms with Crippen molar-refractivity contribution in [2.75, 3.05) is 39.3 Å². The first-order chi connectivity index (χ1) is 19.9. The van der Waals surface area contributed by atoms with E-state index in [0.717, 1.165) is 76.1 Å². The molecule has 1 aromatic carbocycles. The largest absolute Gasteiger partial charge is 0.478 e. The summed E-state index contributed by atoms with van der Waals surface area (Å²) < 4.78 is 11.9. The van der Waals surface area contributed by atoms with Gasteiger partial charge < -0.3 is 19.3 Å². The van der Waals surface area contributed by atoms with E-state index in [-0.39, 0.29) is 12.2 Å². The third-order valence-electron chi connectivity index (χ3n) is 8.87. The molecular weight excluding hydrogens is 508 g/mol. The lowest BCUT2D eigenvalue weighted by Crippen LogP contribution is -2.45. The predicted molar refractivity (Wildman–Crippen MR) is 169 cm³/mol. The maximum atomic E-state index is 6.02. The van der Waals surface area contributed by atoms with Crippen LogP contribution in [0.25, 0.3) is 11.1 Å². The van der Waals surface area contributed by atoms with Crippen molar-refractivity contribution in [1.82, 2.24) is 14.8 Å². The van der Waals surface area contributed by atoms with Gasteiger partial charge in [0.1, 0.15) is 0 Å². The monoisotopic (exact) mass is 556 g/mol. The highest BCUT2D eigenvalue weighted by molar-refractivity contribution is 5.84. The number of ether oxygens (including phenoxy) is 2. The van der Waals surface area contributed by atoms with E-state index in [9.17, 15) is 0 Å². The Morgan fingerprint density at radius 1 is 1.05 bits per heavy atom. The quantitative estimate of drug-likeness (QED) is 0.305. The Morgan fingerprint density at radius 3 is 2.56 bits per heavy atom. The fourth-order valence-corrected chi connectivity index (χ4v) is 6.53. The number of aliphatic imine (C=N–C) groups is 1. The second-order valence-electron chi connectivity index (χ2n) is 12.0. The first kappa shape index (κ1) is 29.5. The van der Waals surface area contributed by atoms with Crippen molar-refractivity contribution in [2.24, 2.45) is 10.9 Å². The van der Waals surface area contributed by atoms with Gasteiger partial charge in [-0.15, -0.1) is 0 Å². The molecule has 1 aromatic heterocycles. The molecule has 220 valence electrons. The fraction of sp³-hybridized carbons (Fsp3) is 0.543. The van der Waals surface area contributed by atoms with E-state index >= 15 is 0 Å². The molecule has 0 spiro atoms. The van der Waals surface area contributed by atoms with E-state index in [2.05, 4.69) is 86.0 Å². The summed E-state index contributed by atoms with van der Waals surface area (Å²) in [6.07, 6.45) is 12.3. The van der Waals surface area contributed by atoms with Crippen molar-refractivity contribution in [3.05, 3.63) is 65.0 Å². The zero-order valence-corrected chi connectivity index (χ0v) is 25.7. The van der Waals surface area contributed by atoms with Crippen molar-refractivity contribution in [3.63, 3.8) is 0 Å². The van der Waals surface area contributed by atoms with Crippen molar-refractivity contribution in [1.29, 1.82) is 0 Å². The van der Waals surface area contributed by atoms with Gasteiger partial charge in [-0.25, -0.2) is 4.98 Å². The Labute approximate surface area is 247 Å². The van der Waals surface area contributed by atoms with Crippen LogP contribution in [-0.4, -0.2) is 72.5 Å². The van der Waals surface area contributed by atoms with Crippen molar-refractivity contribution in [2.45, 2.75) is 78.9 Å². The number of aryl methyl sites for hydroxylation is 1. The second kappa shape index (κ2) is 13.8. The van der Waals surface area contributed by atoms with Gasteiger partial charge >= 0.3 is 0 Å². The Hall–Kier alpha value is -2.96. The Bertz CT molecular complexity index is 1250. The molecule has 0 N–H and O–H groups in total. The van der Waals surface area contributed by atoms with E-state index in [1.165, 1.54) is 28.0 Å². The Balaban J connectivity index is 1.25. The summed E-state index contributed by atoms with van der Waals surface area (Å²) in [5, 5.41) is 0. The van der Waals surface area contributed by atoms with Crippen LogP contribution in [0.3, 0.4) is 0 Å². The fourth-order valence-electron chi connectivity index (χ4n) is 6.53. The molecule has 0 bridgehead atoms. The van der Waals surface area contributed by atoms with Gasteiger partial charge in [-0.3, -0.25) is 4.99 Å². The molecule has 3 atom stereocenters. The minimum Gasteiger partial charge on any atom is -0.478 e. The number of fused-ring (bicyclic) bond motifs is 2. The average molecular weight is 557 g/mol. The van der Waals surface area contributed by atoms with Crippen LogP contribution in [0.1, 0.15) is 65.9 Å². The Morgan fingerprint density at radius 2 is 1.83 bits per heavy atom. The third-order valence-corrected chi connectivity index (χ3v) is 8.87. The number of hydrogen-bond donors (Lipinski definition) is 0. The van der Waals surface area contributed by atoms with Gasteiger partial charge in [-0.2, -0.15) is 0 Å². The standard InChI is InChI=1S/C35H48N4O2/c1-6-38(7-2)17-8-18-40-35-16-13-31(21-37-35)28-12-15-34-30(19-28)11-10-29-20-32(14-9-25(3)33(29)22-36-34)39-23-26(4)41-27(5)24-39/h12-16,19,21-22,26-27,29H,6-11,17-18,20,23-24H2,1-5H3/t26-,27+,29?. The van der Waals surface area contributed by atoms with E-state index in [4.69, 9.17) is 14.5 Å². The summed E-state index contributed by atoms with van der Waals surface area (Å²) >= 11 is 0. The number of rotatable bonds is 9. The van der Waals surface area contributed by atoms with Gasteiger partial charge in [-0.05, 0) is 107 Å². The van der Waals surface area contributed by atoms with E-state index in [1.807, 2.05) is 12.3 Å². The predicted octanol–water partition coefficient (Wildman–Crippen LogP) is 7.23. The first-order valence-corrected chi connectivity index (χ1v) is 15.7. The molecule has 0 radical (unpaired) electrons. The van der Waals surface area contributed by atoms with Crippen LogP contribution in [0.4, 0.5) is 5.69 Å². The van der Waals surface area contributed by atoms with Gasteiger partial charge in [0.15, 0.2) is 0 Å². The smallest absolute Gasteiger partial charge is 0.213 e. The van der Waals surface area contributed by atoms with Crippen molar-refractivity contribution in [3.8, 4) is 17.0 Å². The normalized spacial score (nSPS) is 22.9. The third kappa shape index (κ3) is 7.47. The van der Waals surface area contributed by atoms with Crippen molar-refractivity contribution >= 4 is 11.9 Å². The number of benzene rings is 1. The summed E-state index contributed by atoms with van der Waals surface area (Å²) in [5.41, 5.74) is 9.06. The molecule has 0 amide bonds. The van der Waals surface area contributed by atoms with Gasteiger partial charge in [0, 0.05) is 49.4 Å². The van der Waals surface area contributed by atoms with Crippen molar-refractivity contribution < 1.29 is 9.47 Å².